The summed E-state index contributed by atoms with van der Waals surface area (Å²) in [6.07, 6.45) is 0. The van der Waals surface area contributed by atoms with Crippen LogP contribution in [-0.4, -0.2) is 10.1 Å². The summed E-state index contributed by atoms with van der Waals surface area (Å²) in [7, 11) is 0. The monoisotopic (exact) mass is 363 g/mol. The van der Waals surface area contributed by atoms with Crippen LogP contribution in [0.2, 0.25) is 0 Å². The molecule has 4 nitrogen and oxygen atoms in total. The SMILES string of the molecule is CC(C)(C)C(N)c1noc(-c2csc(I)c2)n1. The first-order chi connectivity index (χ1) is 7.88. The third kappa shape index (κ3) is 2.86. The summed E-state index contributed by atoms with van der Waals surface area (Å²) in [6, 6.07) is 1.79. The van der Waals surface area contributed by atoms with Gasteiger partial charge < -0.3 is 10.3 Å². The lowest BCUT2D eigenvalue weighted by Gasteiger charge is -2.23. The summed E-state index contributed by atoms with van der Waals surface area (Å²) >= 11 is 3.91. The van der Waals surface area contributed by atoms with Gasteiger partial charge in [-0.25, -0.2) is 0 Å². The first kappa shape index (κ1) is 13.0. The summed E-state index contributed by atoms with van der Waals surface area (Å²) in [5, 5.41) is 5.96. The molecule has 0 aliphatic carbocycles. The van der Waals surface area contributed by atoms with Gasteiger partial charge in [0.2, 0.25) is 0 Å². The lowest BCUT2D eigenvalue weighted by atomic mass is 9.87. The molecule has 0 bridgehead atoms. The number of nitrogens with zero attached hydrogens (tertiary/aromatic N) is 2. The average Bonchev–Trinajstić information content (AvgIpc) is 2.83. The maximum atomic E-state index is 6.08. The Morgan fingerprint density at radius 1 is 1.47 bits per heavy atom. The molecule has 6 heteroatoms. The smallest absolute Gasteiger partial charge is 0.258 e. The number of nitrogens with two attached hydrogens (primary N) is 1. The van der Waals surface area contributed by atoms with Gasteiger partial charge in [0.15, 0.2) is 5.82 Å². The molecule has 2 aromatic heterocycles. The molecule has 0 saturated heterocycles. The summed E-state index contributed by atoms with van der Waals surface area (Å²) in [6.45, 7) is 6.17. The van der Waals surface area contributed by atoms with E-state index in [1.54, 1.807) is 11.3 Å². The Labute approximate surface area is 118 Å². The maximum absolute atomic E-state index is 6.08. The topological polar surface area (TPSA) is 64.9 Å². The van der Waals surface area contributed by atoms with E-state index in [4.69, 9.17) is 10.3 Å². The van der Waals surface area contributed by atoms with Gasteiger partial charge in [0.05, 0.1) is 14.5 Å². The highest BCUT2D eigenvalue weighted by atomic mass is 127. The zero-order valence-electron chi connectivity index (χ0n) is 9.90. The van der Waals surface area contributed by atoms with Crippen molar-refractivity contribution in [2.45, 2.75) is 26.8 Å². The molecule has 1 unspecified atom stereocenters. The highest BCUT2D eigenvalue weighted by molar-refractivity contribution is 14.1. The van der Waals surface area contributed by atoms with Crippen LogP contribution in [0, 0.1) is 8.30 Å². The molecule has 2 rings (SSSR count). The number of hydrogen-bond donors (Lipinski definition) is 1. The number of rotatable bonds is 2. The second kappa shape index (κ2) is 4.66. The largest absolute Gasteiger partial charge is 0.334 e. The van der Waals surface area contributed by atoms with Crippen LogP contribution < -0.4 is 5.73 Å². The van der Waals surface area contributed by atoms with Gasteiger partial charge in [0, 0.05) is 5.38 Å². The van der Waals surface area contributed by atoms with Crippen molar-refractivity contribution in [2.24, 2.45) is 11.1 Å². The van der Waals surface area contributed by atoms with Gasteiger partial charge in [0.25, 0.3) is 5.89 Å². The Morgan fingerprint density at radius 3 is 2.71 bits per heavy atom. The summed E-state index contributed by atoms with van der Waals surface area (Å²) in [4.78, 5) is 4.36. The van der Waals surface area contributed by atoms with Gasteiger partial charge >= 0.3 is 0 Å². The Balaban J connectivity index is 2.28. The fourth-order valence-corrected chi connectivity index (χ4v) is 2.61. The Bertz CT molecular complexity index is 515. The summed E-state index contributed by atoms with van der Waals surface area (Å²) < 4.78 is 6.43. The molecule has 0 aliphatic rings. The van der Waals surface area contributed by atoms with Crippen molar-refractivity contribution >= 4 is 33.9 Å². The quantitative estimate of drug-likeness (QED) is 0.831. The molecular formula is C11H14IN3OS. The molecule has 0 spiro atoms. The summed E-state index contributed by atoms with van der Waals surface area (Å²) in [5.74, 6) is 1.10. The molecule has 0 saturated carbocycles. The van der Waals surface area contributed by atoms with Crippen molar-refractivity contribution in [2.75, 3.05) is 0 Å². The standard InChI is InChI=1S/C11H14IN3OS/c1-11(2,3)8(13)9-14-10(16-15-9)6-4-7(12)17-5-6/h4-5,8H,13H2,1-3H3. The van der Waals surface area contributed by atoms with Crippen LogP contribution in [0.25, 0.3) is 11.5 Å². The van der Waals surface area contributed by atoms with Crippen LogP contribution in [0.4, 0.5) is 0 Å². The zero-order chi connectivity index (χ0) is 12.6. The van der Waals surface area contributed by atoms with E-state index in [0.29, 0.717) is 11.7 Å². The minimum Gasteiger partial charge on any atom is -0.334 e. The minimum atomic E-state index is -0.224. The third-order valence-electron chi connectivity index (χ3n) is 2.47. The average molecular weight is 363 g/mol. The van der Waals surface area contributed by atoms with Gasteiger partial charge in [-0.2, -0.15) is 4.98 Å². The van der Waals surface area contributed by atoms with E-state index in [1.165, 1.54) is 2.88 Å². The predicted molar refractivity (Wildman–Crippen MR) is 76.7 cm³/mol. The highest BCUT2D eigenvalue weighted by Crippen LogP contribution is 2.31. The van der Waals surface area contributed by atoms with Crippen molar-refractivity contribution in [1.82, 2.24) is 10.1 Å². The van der Waals surface area contributed by atoms with Gasteiger partial charge in [0.1, 0.15) is 0 Å². The summed E-state index contributed by atoms with van der Waals surface area (Å²) in [5.41, 5.74) is 6.96. The van der Waals surface area contributed by atoms with Crippen molar-refractivity contribution < 1.29 is 4.52 Å². The highest BCUT2D eigenvalue weighted by Gasteiger charge is 2.27. The molecule has 1 atom stereocenters. The first-order valence-corrected chi connectivity index (χ1v) is 7.17. The van der Waals surface area contributed by atoms with Crippen molar-refractivity contribution in [1.29, 1.82) is 0 Å². The van der Waals surface area contributed by atoms with E-state index < -0.39 is 0 Å². The molecule has 2 aromatic rings. The Morgan fingerprint density at radius 2 is 2.18 bits per heavy atom. The number of aromatic nitrogens is 2. The van der Waals surface area contributed by atoms with Crippen molar-refractivity contribution in [3.8, 4) is 11.5 Å². The van der Waals surface area contributed by atoms with E-state index in [-0.39, 0.29) is 11.5 Å². The number of hydrogen-bond acceptors (Lipinski definition) is 5. The van der Waals surface area contributed by atoms with E-state index >= 15 is 0 Å². The second-order valence-electron chi connectivity index (χ2n) is 4.94. The molecule has 92 valence electrons. The van der Waals surface area contributed by atoms with Crippen molar-refractivity contribution in [3.05, 3.63) is 20.2 Å². The van der Waals surface area contributed by atoms with Gasteiger partial charge in [-0.1, -0.05) is 25.9 Å². The molecular weight excluding hydrogens is 349 g/mol. The fourth-order valence-electron chi connectivity index (χ4n) is 1.29. The molecule has 17 heavy (non-hydrogen) atoms. The maximum Gasteiger partial charge on any atom is 0.258 e. The molecule has 0 aliphatic heterocycles. The van der Waals surface area contributed by atoms with Crippen LogP contribution in [0.5, 0.6) is 0 Å². The molecule has 0 radical (unpaired) electrons. The zero-order valence-corrected chi connectivity index (χ0v) is 12.9. The second-order valence-corrected chi connectivity index (χ2v) is 7.75. The van der Waals surface area contributed by atoms with Gasteiger partial charge in [-0.05, 0) is 34.1 Å². The molecule has 0 aromatic carbocycles. The van der Waals surface area contributed by atoms with Crippen LogP contribution in [0.15, 0.2) is 16.0 Å². The van der Waals surface area contributed by atoms with Crippen LogP contribution in [0.1, 0.15) is 32.6 Å². The van der Waals surface area contributed by atoms with Crippen LogP contribution in [0.3, 0.4) is 0 Å². The Hall–Kier alpha value is -0.470. The molecule has 2 N–H and O–H groups in total. The lowest BCUT2D eigenvalue weighted by molar-refractivity contribution is 0.303. The van der Waals surface area contributed by atoms with Crippen LogP contribution in [-0.2, 0) is 0 Å². The first-order valence-electron chi connectivity index (χ1n) is 5.21. The van der Waals surface area contributed by atoms with Crippen molar-refractivity contribution in [3.63, 3.8) is 0 Å². The van der Waals surface area contributed by atoms with E-state index in [0.717, 1.165) is 5.56 Å². The van der Waals surface area contributed by atoms with E-state index in [1.807, 2.05) is 11.4 Å². The van der Waals surface area contributed by atoms with Gasteiger partial charge in [-0.3, -0.25) is 0 Å². The number of halogens is 1. The third-order valence-corrected chi connectivity index (χ3v) is 4.26. The van der Waals surface area contributed by atoms with Gasteiger partial charge in [-0.15, -0.1) is 11.3 Å². The minimum absolute atomic E-state index is 0.0792. The van der Waals surface area contributed by atoms with E-state index in [2.05, 4.69) is 53.5 Å². The molecule has 2 heterocycles. The molecule has 0 amide bonds. The Kier molecular flexibility index (Phi) is 3.55. The normalized spacial score (nSPS) is 13.9. The molecule has 0 fully saturated rings. The fraction of sp³-hybridized carbons (Fsp3) is 0.455. The lowest BCUT2D eigenvalue weighted by Crippen LogP contribution is -2.27. The van der Waals surface area contributed by atoms with Crippen LogP contribution >= 0.6 is 33.9 Å². The predicted octanol–water partition coefficient (Wildman–Crippen LogP) is 3.45. The van der Waals surface area contributed by atoms with E-state index in [9.17, 15) is 0 Å². The number of thiophene rings is 1.